The maximum atomic E-state index is 10.9. The highest BCUT2D eigenvalue weighted by Gasteiger charge is 2.12. The van der Waals surface area contributed by atoms with Gasteiger partial charge in [-0.2, -0.15) is 0 Å². The lowest BCUT2D eigenvalue weighted by molar-refractivity contribution is -0.138. The van der Waals surface area contributed by atoms with E-state index >= 15 is 0 Å². The van der Waals surface area contributed by atoms with Crippen LogP contribution in [0, 0.1) is 0 Å². The summed E-state index contributed by atoms with van der Waals surface area (Å²) in [7, 11) is 0. The van der Waals surface area contributed by atoms with Crippen LogP contribution in [0.4, 0.5) is 0 Å². The third-order valence-corrected chi connectivity index (χ3v) is 4.52. The van der Waals surface area contributed by atoms with Crippen LogP contribution in [-0.2, 0) is 17.8 Å². The normalized spacial score (nSPS) is 12.8. The van der Waals surface area contributed by atoms with Gasteiger partial charge in [0.1, 0.15) is 0 Å². The molecule has 0 bridgehead atoms. The first-order valence-electron chi connectivity index (χ1n) is 9.77. The topological polar surface area (TPSA) is 86.5 Å². The molecule has 26 heavy (non-hydrogen) atoms. The molecule has 0 aliphatic heterocycles. The molecule has 1 aromatic rings. The summed E-state index contributed by atoms with van der Waals surface area (Å²) in [5.74, 6) is -0.761. The lowest BCUT2D eigenvalue weighted by atomic mass is 10.2. The van der Waals surface area contributed by atoms with Crippen LogP contribution in [0.3, 0.4) is 0 Å². The third-order valence-electron chi connectivity index (χ3n) is 4.52. The second-order valence-electron chi connectivity index (χ2n) is 6.69. The van der Waals surface area contributed by atoms with Gasteiger partial charge in [0.15, 0.2) is 0 Å². The third kappa shape index (κ3) is 9.26. The predicted molar refractivity (Wildman–Crippen MR) is 103 cm³/mol. The number of nitrogens with zero attached hydrogens (tertiary/aromatic N) is 5. The van der Waals surface area contributed by atoms with E-state index in [0.717, 1.165) is 64.3 Å². The number of rotatable bonds is 15. The summed E-state index contributed by atoms with van der Waals surface area (Å²) >= 11 is 0. The van der Waals surface area contributed by atoms with Crippen molar-refractivity contribution < 1.29 is 9.90 Å². The first-order chi connectivity index (χ1) is 12.5. The summed E-state index contributed by atoms with van der Waals surface area (Å²) in [4.78, 5) is 15.2. The Balaban J connectivity index is 2.21. The lowest BCUT2D eigenvalue weighted by Crippen LogP contribution is -2.43. The van der Waals surface area contributed by atoms with Crippen LogP contribution in [0.25, 0.3) is 0 Å². The maximum absolute atomic E-state index is 10.9. The molecule has 8 nitrogen and oxygen atoms in total. The number of aliphatic carboxylic acids is 1. The van der Waals surface area contributed by atoms with Crippen molar-refractivity contribution >= 4 is 5.97 Å². The molecule has 1 unspecified atom stereocenters. The Hall–Kier alpha value is -1.51. The second kappa shape index (κ2) is 12.8. The molecule has 0 radical (unpaired) electrons. The van der Waals surface area contributed by atoms with Crippen LogP contribution in [-0.4, -0.2) is 87.7 Å². The van der Waals surface area contributed by atoms with Gasteiger partial charge in [0.2, 0.25) is 0 Å². The monoisotopic (exact) mass is 368 g/mol. The van der Waals surface area contributed by atoms with Gasteiger partial charge in [-0.25, -0.2) is 0 Å². The van der Waals surface area contributed by atoms with Gasteiger partial charge in [-0.3, -0.25) is 14.4 Å². The second-order valence-corrected chi connectivity index (χ2v) is 6.69. The number of carboxylic acids is 1. The number of aromatic nitrogens is 3. The fraction of sp³-hybridized carbons (Fsp3) is 0.833. The minimum atomic E-state index is -0.761. The van der Waals surface area contributed by atoms with Gasteiger partial charge in [-0.05, 0) is 39.4 Å². The van der Waals surface area contributed by atoms with E-state index in [-0.39, 0.29) is 6.54 Å². The SMILES string of the molecule is CCc1cn(CCCNC(C)CN(CC)CCN(CC)CC(=O)O)nn1. The number of hydrogen-bond acceptors (Lipinski definition) is 6. The number of carboxylic acid groups (broad SMARTS) is 1. The Bertz CT molecular complexity index is 508. The van der Waals surface area contributed by atoms with E-state index in [2.05, 4.69) is 41.3 Å². The van der Waals surface area contributed by atoms with E-state index in [1.165, 1.54) is 0 Å². The highest BCUT2D eigenvalue weighted by Crippen LogP contribution is 1.97. The van der Waals surface area contributed by atoms with Gasteiger partial charge in [0.05, 0.1) is 12.2 Å². The molecule has 1 rings (SSSR count). The smallest absolute Gasteiger partial charge is 0.317 e. The zero-order valence-electron chi connectivity index (χ0n) is 16.8. The predicted octanol–water partition coefficient (Wildman–Crippen LogP) is 0.937. The molecule has 0 spiro atoms. The standard InChI is InChI=1S/C18H36N6O2/c1-5-17-14-24(21-20-17)10-8-9-19-16(4)13-22(6-2)11-12-23(7-3)15-18(25)26/h14,16,19H,5-13,15H2,1-4H3,(H,25,26). The van der Waals surface area contributed by atoms with E-state index in [9.17, 15) is 4.79 Å². The molecule has 1 aromatic heterocycles. The van der Waals surface area contributed by atoms with Crippen molar-refractivity contribution in [3.8, 4) is 0 Å². The Morgan fingerprint density at radius 2 is 1.96 bits per heavy atom. The average Bonchev–Trinajstić information content (AvgIpc) is 3.08. The number of nitrogens with one attached hydrogen (secondary N) is 1. The molecule has 1 atom stereocenters. The molecule has 2 N–H and O–H groups in total. The fourth-order valence-electron chi connectivity index (χ4n) is 2.85. The van der Waals surface area contributed by atoms with Crippen molar-refractivity contribution in [1.82, 2.24) is 30.1 Å². The van der Waals surface area contributed by atoms with Gasteiger partial charge in [-0.15, -0.1) is 5.10 Å². The average molecular weight is 369 g/mol. The minimum Gasteiger partial charge on any atom is -0.480 e. The van der Waals surface area contributed by atoms with E-state index < -0.39 is 5.97 Å². The molecule has 1 heterocycles. The number of aryl methyl sites for hydroxylation is 2. The lowest BCUT2D eigenvalue weighted by Gasteiger charge is -2.27. The van der Waals surface area contributed by atoms with Crippen LogP contribution in [0.2, 0.25) is 0 Å². The first-order valence-corrected chi connectivity index (χ1v) is 9.77. The molecular weight excluding hydrogens is 332 g/mol. The number of carbonyl (C=O) groups is 1. The minimum absolute atomic E-state index is 0.115. The van der Waals surface area contributed by atoms with Gasteiger partial charge in [0.25, 0.3) is 0 Å². The first kappa shape index (κ1) is 22.5. The number of likely N-dealkylation sites (N-methyl/N-ethyl adjacent to an activating group) is 2. The molecule has 0 saturated heterocycles. The van der Waals surface area contributed by atoms with Crippen molar-refractivity contribution in [2.45, 2.75) is 53.1 Å². The van der Waals surface area contributed by atoms with Crippen molar-refractivity contribution in [3.63, 3.8) is 0 Å². The molecule has 0 saturated carbocycles. The van der Waals surface area contributed by atoms with E-state index in [1.54, 1.807) is 0 Å². The van der Waals surface area contributed by atoms with Crippen LogP contribution in [0.1, 0.15) is 39.8 Å². The molecule has 0 amide bonds. The van der Waals surface area contributed by atoms with Crippen LogP contribution in [0.5, 0.6) is 0 Å². The molecule has 0 aromatic carbocycles. The summed E-state index contributed by atoms with van der Waals surface area (Å²) in [6, 6.07) is 0.395. The fourth-order valence-corrected chi connectivity index (χ4v) is 2.85. The van der Waals surface area contributed by atoms with Crippen LogP contribution in [0.15, 0.2) is 6.20 Å². The summed E-state index contributed by atoms with van der Waals surface area (Å²) in [5, 5.41) is 20.7. The molecule has 0 aliphatic rings. The van der Waals surface area contributed by atoms with Crippen molar-refractivity contribution in [2.24, 2.45) is 0 Å². The highest BCUT2D eigenvalue weighted by molar-refractivity contribution is 5.69. The van der Waals surface area contributed by atoms with Crippen LogP contribution < -0.4 is 5.32 Å². The Morgan fingerprint density at radius 3 is 2.54 bits per heavy atom. The largest absolute Gasteiger partial charge is 0.480 e. The highest BCUT2D eigenvalue weighted by atomic mass is 16.4. The van der Waals surface area contributed by atoms with Crippen molar-refractivity contribution in [3.05, 3.63) is 11.9 Å². The van der Waals surface area contributed by atoms with Crippen LogP contribution >= 0.6 is 0 Å². The zero-order chi connectivity index (χ0) is 19.4. The summed E-state index contributed by atoms with van der Waals surface area (Å²) in [6.45, 7) is 14.7. The van der Waals surface area contributed by atoms with Crippen molar-refractivity contribution in [1.29, 1.82) is 0 Å². The maximum Gasteiger partial charge on any atom is 0.317 e. The summed E-state index contributed by atoms with van der Waals surface area (Å²) in [5.41, 5.74) is 1.04. The Labute approximate surface area is 157 Å². The van der Waals surface area contributed by atoms with Gasteiger partial charge in [0, 0.05) is 38.4 Å². The Kier molecular flexibility index (Phi) is 11.1. The summed E-state index contributed by atoms with van der Waals surface area (Å²) in [6.07, 6.45) is 3.95. The molecule has 0 fully saturated rings. The molecular formula is C18H36N6O2. The van der Waals surface area contributed by atoms with Gasteiger partial charge >= 0.3 is 5.97 Å². The molecule has 8 heteroatoms. The van der Waals surface area contributed by atoms with E-state index in [1.807, 2.05) is 22.7 Å². The summed E-state index contributed by atoms with van der Waals surface area (Å²) < 4.78 is 1.91. The zero-order valence-corrected chi connectivity index (χ0v) is 16.8. The quantitative estimate of drug-likeness (QED) is 0.446. The van der Waals surface area contributed by atoms with Gasteiger partial charge < -0.3 is 15.3 Å². The molecule has 150 valence electrons. The Morgan fingerprint density at radius 1 is 1.27 bits per heavy atom. The van der Waals surface area contributed by atoms with E-state index in [0.29, 0.717) is 6.04 Å². The van der Waals surface area contributed by atoms with Crippen molar-refractivity contribution in [2.75, 3.05) is 45.8 Å². The molecule has 0 aliphatic carbocycles. The van der Waals surface area contributed by atoms with E-state index in [4.69, 9.17) is 5.11 Å². The number of hydrogen-bond donors (Lipinski definition) is 2. The van der Waals surface area contributed by atoms with Gasteiger partial charge in [-0.1, -0.05) is 26.0 Å².